The molecule has 3 rings (SSSR count). The number of rotatable bonds is 9. The fourth-order valence-corrected chi connectivity index (χ4v) is 4.02. The summed E-state index contributed by atoms with van der Waals surface area (Å²) in [6, 6.07) is 11.0. The number of aryl methyl sites for hydroxylation is 2. The molecule has 0 aliphatic heterocycles. The van der Waals surface area contributed by atoms with Crippen LogP contribution in [0.5, 0.6) is 0 Å². The summed E-state index contributed by atoms with van der Waals surface area (Å²) < 4.78 is 7.37. The highest BCUT2D eigenvalue weighted by molar-refractivity contribution is 7.99. The van der Waals surface area contributed by atoms with Crippen molar-refractivity contribution in [1.82, 2.24) is 9.88 Å². The summed E-state index contributed by atoms with van der Waals surface area (Å²) in [6.07, 6.45) is 5.60. The minimum Gasteiger partial charge on any atom is -0.452 e. The van der Waals surface area contributed by atoms with Crippen molar-refractivity contribution < 1.29 is 14.3 Å². The van der Waals surface area contributed by atoms with Gasteiger partial charge in [0.1, 0.15) is 0 Å². The van der Waals surface area contributed by atoms with Gasteiger partial charge in [-0.2, -0.15) is 0 Å². The average Bonchev–Trinajstić information content (AvgIpc) is 3.48. The molecule has 0 atom stereocenters. The van der Waals surface area contributed by atoms with Gasteiger partial charge in [-0.25, -0.2) is 4.79 Å². The first kappa shape index (κ1) is 21.2. The number of amides is 1. The number of esters is 1. The molecule has 1 aromatic heterocycles. The normalized spacial score (nSPS) is 13.6. The molecule has 1 N–H and O–H groups in total. The summed E-state index contributed by atoms with van der Waals surface area (Å²) >= 11 is 1.68. The van der Waals surface area contributed by atoms with E-state index in [0.717, 1.165) is 17.0 Å². The van der Waals surface area contributed by atoms with E-state index in [4.69, 9.17) is 4.74 Å². The SMILES string of the molecule is Cc1ccc(SCCNC(=O)COC(=O)/C=C/c2cc(C)n(C3CC3)c2C)cc1. The molecule has 1 amide bonds. The van der Waals surface area contributed by atoms with Crippen LogP contribution in [-0.4, -0.2) is 35.3 Å². The topological polar surface area (TPSA) is 60.3 Å². The molecule has 1 heterocycles. The van der Waals surface area contributed by atoms with Crippen molar-refractivity contribution in [3.63, 3.8) is 0 Å². The number of aromatic nitrogens is 1. The number of nitrogens with zero attached hydrogens (tertiary/aromatic N) is 1. The van der Waals surface area contributed by atoms with E-state index in [1.54, 1.807) is 17.8 Å². The van der Waals surface area contributed by atoms with Gasteiger partial charge >= 0.3 is 5.97 Å². The monoisotopic (exact) mass is 412 g/mol. The van der Waals surface area contributed by atoms with Gasteiger partial charge in [0.15, 0.2) is 6.61 Å². The van der Waals surface area contributed by atoms with Gasteiger partial charge in [0.25, 0.3) is 5.91 Å². The van der Waals surface area contributed by atoms with Gasteiger partial charge in [-0.1, -0.05) is 17.7 Å². The van der Waals surface area contributed by atoms with Crippen LogP contribution in [0.15, 0.2) is 41.3 Å². The zero-order valence-electron chi connectivity index (χ0n) is 17.2. The minimum atomic E-state index is -0.509. The minimum absolute atomic E-state index is 0.264. The van der Waals surface area contributed by atoms with Crippen LogP contribution in [0.2, 0.25) is 0 Å². The molecule has 0 radical (unpaired) electrons. The van der Waals surface area contributed by atoms with Crippen LogP contribution in [0.1, 0.15) is 41.4 Å². The van der Waals surface area contributed by atoms with Crippen molar-refractivity contribution in [2.45, 2.75) is 44.6 Å². The number of hydrogen-bond donors (Lipinski definition) is 1. The first-order valence-electron chi connectivity index (χ1n) is 9.93. The molecule has 2 aromatic rings. The number of hydrogen-bond acceptors (Lipinski definition) is 4. The summed E-state index contributed by atoms with van der Waals surface area (Å²) in [4.78, 5) is 24.9. The largest absolute Gasteiger partial charge is 0.452 e. The fourth-order valence-electron chi connectivity index (χ4n) is 3.25. The van der Waals surface area contributed by atoms with Crippen molar-refractivity contribution in [3.8, 4) is 0 Å². The maximum atomic E-state index is 11.9. The van der Waals surface area contributed by atoms with Crippen molar-refractivity contribution >= 4 is 29.7 Å². The number of ether oxygens (including phenoxy) is 1. The van der Waals surface area contributed by atoms with Gasteiger partial charge in [-0.3, -0.25) is 4.79 Å². The molecule has 0 unspecified atom stereocenters. The Hall–Kier alpha value is -2.47. The summed E-state index contributed by atoms with van der Waals surface area (Å²) in [5.74, 6) is -0.0345. The Bertz CT molecular complexity index is 896. The van der Waals surface area contributed by atoms with Crippen LogP contribution >= 0.6 is 11.8 Å². The number of benzene rings is 1. The van der Waals surface area contributed by atoms with E-state index in [-0.39, 0.29) is 12.5 Å². The zero-order valence-corrected chi connectivity index (χ0v) is 18.1. The van der Waals surface area contributed by atoms with Crippen LogP contribution in [0.4, 0.5) is 0 Å². The van der Waals surface area contributed by atoms with E-state index in [0.29, 0.717) is 12.6 Å². The van der Waals surface area contributed by atoms with Crippen LogP contribution < -0.4 is 5.32 Å². The number of carbonyl (C=O) groups excluding carboxylic acids is 2. The van der Waals surface area contributed by atoms with Crippen molar-refractivity contribution in [2.24, 2.45) is 0 Å². The molecule has 5 nitrogen and oxygen atoms in total. The molecule has 0 saturated heterocycles. The van der Waals surface area contributed by atoms with E-state index in [2.05, 4.69) is 61.0 Å². The molecule has 29 heavy (non-hydrogen) atoms. The summed E-state index contributed by atoms with van der Waals surface area (Å²) in [5.41, 5.74) is 4.62. The molecule has 6 heteroatoms. The third-order valence-corrected chi connectivity index (χ3v) is 5.91. The van der Waals surface area contributed by atoms with Gasteiger partial charge < -0.3 is 14.6 Å². The lowest BCUT2D eigenvalue weighted by molar-refractivity contribution is -0.143. The summed E-state index contributed by atoms with van der Waals surface area (Å²) in [7, 11) is 0. The number of carbonyl (C=O) groups is 2. The molecular formula is C23H28N2O3S. The standard InChI is InChI=1S/C23H28N2O3S/c1-16-4-9-21(10-5-16)29-13-12-24-22(26)15-28-23(27)11-6-19-14-17(2)25(18(19)3)20-7-8-20/h4-6,9-11,14,20H,7-8,12-13,15H2,1-3H3,(H,24,26)/b11-6+. The fraction of sp³-hybridized carbons (Fsp3) is 0.391. The summed E-state index contributed by atoms with van der Waals surface area (Å²) in [5, 5.41) is 2.77. The van der Waals surface area contributed by atoms with E-state index in [1.807, 2.05) is 0 Å². The Kier molecular flexibility index (Phi) is 7.20. The van der Waals surface area contributed by atoms with Gasteiger partial charge in [-0.15, -0.1) is 11.8 Å². The quantitative estimate of drug-likeness (QED) is 0.290. The van der Waals surface area contributed by atoms with Crippen LogP contribution in [0.3, 0.4) is 0 Å². The van der Waals surface area contributed by atoms with Gasteiger partial charge in [0.2, 0.25) is 0 Å². The molecule has 1 aliphatic rings. The third-order valence-electron chi connectivity index (χ3n) is 4.89. The average molecular weight is 413 g/mol. The highest BCUT2D eigenvalue weighted by Gasteiger charge is 2.26. The lowest BCUT2D eigenvalue weighted by Gasteiger charge is -2.06. The highest BCUT2D eigenvalue weighted by Crippen LogP contribution is 2.38. The Balaban J connectivity index is 1.35. The Morgan fingerprint density at radius 1 is 1.21 bits per heavy atom. The summed E-state index contributed by atoms with van der Waals surface area (Å²) in [6.45, 7) is 6.47. The van der Waals surface area contributed by atoms with Crippen molar-refractivity contribution in [2.75, 3.05) is 18.9 Å². The molecule has 1 aliphatic carbocycles. The molecule has 0 bridgehead atoms. The second-order valence-corrected chi connectivity index (χ2v) is 8.55. The van der Waals surface area contributed by atoms with E-state index in [9.17, 15) is 9.59 Å². The maximum absolute atomic E-state index is 11.9. The van der Waals surface area contributed by atoms with E-state index in [1.165, 1.54) is 35.1 Å². The Morgan fingerprint density at radius 2 is 1.93 bits per heavy atom. The highest BCUT2D eigenvalue weighted by atomic mass is 32.2. The second-order valence-electron chi connectivity index (χ2n) is 7.38. The van der Waals surface area contributed by atoms with Crippen molar-refractivity contribution in [3.05, 3.63) is 58.9 Å². The van der Waals surface area contributed by atoms with Crippen molar-refractivity contribution in [1.29, 1.82) is 0 Å². The molecule has 1 saturated carbocycles. The number of nitrogens with one attached hydrogen (secondary N) is 1. The third kappa shape index (κ3) is 6.26. The predicted octanol–water partition coefficient (Wildman–Crippen LogP) is 4.21. The molecule has 154 valence electrons. The van der Waals surface area contributed by atoms with Gasteiger partial charge in [0.05, 0.1) is 0 Å². The second kappa shape index (κ2) is 9.83. The molecule has 1 aromatic carbocycles. The number of thioether (sulfide) groups is 1. The maximum Gasteiger partial charge on any atom is 0.331 e. The lowest BCUT2D eigenvalue weighted by atomic mass is 10.2. The van der Waals surface area contributed by atoms with Crippen LogP contribution in [-0.2, 0) is 14.3 Å². The molecular weight excluding hydrogens is 384 g/mol. The van der Waals surface area contributed by atoms with Crippen LogP contribution in [0, 0.1) is 20.8 Å². The lowest BCUT2D eigenvalue weighted by Crippen LogP contribution is -2.30. The van der Waals surface area contributed by atoms with Crippen LogP contribution in [0.25, 0.3) is 6.08 Å². The Labute approximate surface area is 176 Å². The first-order chi connectivity index (χ1) is 13.9. The van der Waals surface area contributed by atoms with Gasteiger partial charge in [0, 0.05) is 40.7 Å². The van der Waals surface area contributed by atoms with E-state index < -0.39 is 5.97 Å². The Morgan fingerprint density at radius 3 is 2.62 bits per heavy atom. The molecule has 0 spiro atoms. The smallest absolute Gasteiger partial charge is 0.331 e. The first-order valence-corrected chi connectivity index (χ1v) is 10.9. The molecule has 1 fully saturated rings. The zero-order chi connectivity index (χ0) is 20.8. The van der Waals surface area contributed by atoms with Gasteiger partial charge in [-0.05, 0) is 63.5 Å². The predicted molar refractivity (Wildman–Crippen MR) is 117 cm³/mol. The van der Waals surface area contributed by atoms with E-state index >= 15 is 0 Å².